The van der Waals surface area contributed by atoms with Gasteiger partial charge in [-0.3, -0.25) is 9.44 Å². The number of anilines is 2. The van der Waals surface area contributed by atoms with Gasteiger partial charge < -0.3 is 0 Å². The average Bonchev–Trinajstić information content (AvgIpc) is 2.68. The largest absolute Gasteiger partial charge is 0.416 e. The fourth-order valence-corrected chi connectivity index (χ4v) is 4.68. The molecule has 3 aromatic carbocycles. The van der Waals surface area contributed by atoms with E-state index in [1.165, 1.54) is 36.4 Å². The Hall–Kier alpha value is -3.05. The molecule has 3 rings (SSSR count). The average molecular weight is 456 g/mol. The molecule has 2 N–H and O–H groups in total. The molecular weight excluding hydrogens is 441 g/mol. The van der Waals surface area contributed by atoms with Crippen molar-refractivity contribution in [2.45, 2.75) is 16.0 Å². The third-order valence-electron chi connectivity index (χ3n) is 3.89. The summed E-state index contributed by atoms with van der Waals surface area (Å²) in [6, 6.07) is 16.2. The standard InChI is InChI=1S/C19H15F3N2O4S2/c20-19(21,22)14-6-4-11-18(12-14)30(27,28)24-16-8-5-7-15(13-16)23-29(25,26)17-9-2-1-3-10-17/h1-13,23-24H. The third kappa shape index (κ3) is 5.10. The highest BCUT2D eigenvalue weighted by Crippen LogP contribution is 2.31. The van der Waals surface area contributed by atoms with E-state index in [0.717, 1.165) is 18.2 Å². The van der Waals surface area contributed by atoms with Crippen LogP contribution in [-0.4, -0.2) is 16.8 Å². The Balaban J connectivity index is 1.85. The summed E-state index contributed by atoms with van der Waals surface area (Å²) in [6.45, 7) is 0. The SMILES string of the molecule is O=S(=O)(Nc1cccc(NS(=O)(=O)c2cccc(C(F)(F)F)c2)c1)c1ccccc1. The zero-order valence-electron chi connectivity index (χ0n) is 15.1. The Labute approximate surface area is 171 Å². The molecule has 0 radical (unpaired) electrons. The van der Waals surface area contributed by atoms with Crippen molar-refractivity contribution in [2.75, 3.05) is 9.44 Å². The molecule has 0 heterocycles. The smallest absolute Gasteiger partial charge is 0.280 e. The molecule has 6 nitrogen and oxygen atoms in total. The van der Waals surface area contributed by atoms with E-state index in [2.05, 4.69) is 9.44 Å². The van der Waals surface area contributed by atoms with Crippen molar-refractivity contribution in [3.05, 3.63) is 84.4 Å². The highest BCUT2D eigenvalue weighted by atomic mass is 32.2. The molecule has 0 aliphatic carbocycles. The Bertz CT molecular complexity index is 1260. The molecule has 0 aromatic heterocycles. The second kappa shape index (κ2) is 8.00. The zero-order chi connectivity index (χ0) is 22.0. The van der Waals surface area contributed by atoms with Gasteiger partial charge in [0.25, 0.3) is 20.0 Å². The quantitative estimate of drug-likeness (QED) is 0.578. The van der Waals surface area contributed by atoms with Gasteiger partial charge in [-0.1, -0.05) is 30.3 Å². The number of benzene rings is 3. The summed E-state index contributed by atoms with van der Waals surface area (Å²) in [4.78, 5) is -0.562. The van der Waals surface area contributed by atoms with Crippen LogP contribution in [0.3, 0.4) is 0 Å². The fraction of sp³-hybridized carbons (Fsp3) is 0.0526. The van der Waals surface area contributed by atoms with Crippen LogP contribution >= 0.6 is 0 Å². The van der Waals surface area contributed by atoms with E-state index in [0.29, 0.717) is 6.07 Å². The predicted molar refractivity (Wildman–Crippen MR) is 106 cm³/mol. The van der Waals surface area contributed by atoms with Gasteiger partial charge in [-0.2, -0.15) is 13.2 Å². The first-order valence-electron chi connectivity index (χ1n) is 8.35. The lowest BCUT2D eigenvalue weighted by Gasteiger charge is -2.13. The molecule has 0 fully saturated rings. The number of halogens is 3. The summed E-state index contributed by atoms with van der Waals surface area (Å²) in [7, 11) is -8.24. The Kier molecular flexibility index (Phi) is 5.77. The van der Waals surface area contributed by atoms with Crippen molar-refractivity contribution >= 4 is 31.4 Å². The summed E-state index contributed by atoms with van der Waals surface area (Å²) in [5.74, 6) is 0. The van der Waals surface area contributed by atoms with Crippen molar-refractivity contribution in [2.24, 2.45) is 0 Å². The molecule has 30 heavy (non-hydrogen) atoms. The first-order valence-corrected chi connectivity index (χ1v) is 11.3. The van der Waals surface area contributed by atoms with E-state index in [9.17, 15) is 30.0 Å². The van der Waals surface area contributed by atoms with Crippen molar-refractivity contribution < 1.29 is 30.0 Å². The van der Waals surface area contributed by atoms with Crippen LogP contribution in [0, 0.1) is 0 Å². The highest BCUT2D eigenvalue weighted by molar-refractivity contribution is 7.93. The number of hydrogen-bond acceptors (Lipinski definition) is 4. The van der Waals surface area contributed by atoms with Gasteiger partial charge in [0.15, 0.2) is 0 Å². The molecule has 0 bridgehead atoms. The third-order valence-corrected chi connectivity index (χ3v) is 6.67. The van der Waals surface area contributed by atoms with Crippen molar-refractivity contribution in [3.8, 4) is 0 Å². The zero-order valence-corrected chi connectivity index (χ0v) is 16.7. The molecule has 0 saturated carbocycles. The minimum Gasteiger partial charge on any atom is -0.280 e. The van der Waals surface area contributed by atoms with Gasteiger partial charge in [-0.25, -0.2) is 16.8 Å². The van der Waals surface area contributed by atoms with Crippen LogP contribution in [0.25, 0.3) is 0 Å². The normalized spacial score (nSPS) is 12.4. The van der Waals surface area contributed by atoms with E-state index < -0.39 is 36.7 Å². The number of sulfonamides is 2. The van der Waals surface area contributed by atoms with Gasteiger partial charge in [0, 0.05) is 0 Å². The Morgan fingerprint density at radius 1 is 0.600 bits per heavy atom. The van der Waals surface area contributed by atoms with E-state index in [1.54, 1.807) is 18.2 Å². The first-order chi connectivity index (χ1) is 14.0. The molecule has 0 atom stereocenters. The van der Waals surface area contributed by atoms with Crippen molar-refractivity contribution in [3.63, 3.8) is 0 Å². The summed E-state index contributed by atoms with van der Waals surface area (Å²) < 4.78 is 92.8. The lowest BCUT2D eigenvalue weighted by atomic mass is 10.2. The fourth-order valence-electron chi connectivity index (χ4n) is 2.51. The summed E-state index contributed by atoms with van der Waals surface area (Å²) >= 11 is 0. The van der Waals surface area contributed by atoms with Gasteiger partial charge in [-0.15, -0.1) is 0 Å². The van der Waals surface area contributed by atoms with Crippen LogP contribution in [0.15, 0.2) is 88.7 Å². The van der Waals surface area contributed by atoms with Gasteiger partial charge in [0.2, 0.25) is 0 Å². The molecule has 0 aliphatic heterocycles. The van der Waals surface area contributed by atoms with Crippen LogP contribution in [0.1, 0.15) is 5.56 Å². The maximum absolute atomic E-state index is 12.9. The lowest BCUT2D eigenvalue weighted by molar-refractivity contribution is -0.137. The maximum atomic E-state index is 12.9. The molecule has 0 saturated heterocycles. The molecular formula is C19H15F3N2O4S2. The lowest BCUT2D eigenvalue weighted by Crippen LogP contribution is -2.15. The van der Waals surface area contributed by atoms with E-state index >= 15 is 0 Å². The predicted octanol–water partition coefficient (Wildman–Crippen LogP) is 4.31. The monoisotopic (exact) mass is 456 g/mol. The maximum Gasteiger partial charge on any atom is 0.416 e. The minimum absolute atomic E-state index is 0.0138. The number of rotatable bonds is 6. The second-order valence-corrected chi connectivity index (χ2v) is 9.50. The van der Waals surface area contributed by atoms with Gasteiger partial charge >= 0.3 is 6.18 Å². The topological polar surface area (TPSA) is 92.3 Å². The molecule has 158 valence electrons. The highest BCUT2D eigenvalue weighted by Gasteiger charge is 2.31. The number of alkyl halides is 3. The van der Waals surface area contributed by atoms with E-state index in [4.69, 9.17) is 0 Å². The molecule has 0 unspecified atom stereocenters. The Morgan fingerprint density at radius 3 is 1.67 bits per heavy atom. The summed E-state index contributed by atoms with van der Waals surface area (Å²) in [5.41, 5.74) is -1.06. The second-order valence-electron chi connectivity index (χ2n) is 6.13. The molecule has 0 aliphatic rings. The number of hydrogen-bond donors (Lipinski definition) is 2. The molecule has 0 spiro atoms. The van der Waals surface area contributed by atoms with Gasteiger partial charge in [0.1, 0.15) is 0 Å². The van der Waals surface area contributed by atoms with Crippen LogP contribution < -0.4 is 9.44 Å². The van der Waals surface area contributed by atoms with Crippen molar-refractivity contribution in [1.29, 1.82) is 0 Å². The molecule has 11 heteroatoms. The molecule has 3 aromatic rings. The van der Waals surface area contributed by atoms with E-state index in [1.807, 2.05) is 0 Å². The first kappa shape index (κ1) is 21.7. The van der Waals surface area contributed by atoms with E-state index in [-0.39, 0.29) is 16.3 Å². The summed E-state index contributed by atoms with van der Waals surface area (Å²) in [6.07, 6.45) is -4.69. The Morgan fingerprint density at radius 2 is 1.10 bits per heavy atom. The minimum atomic E-state index is -4.69. The molecule has 0 amide bonds. The van der Waals surface area contributed by atoms with Crippen molar-refractivity contribution in [1.82, 2.24) is 0 Å². The number of nitrogens with one attached hydrogen (secondary N) is 2. The van der Waals surface area contributed by atoms with Gasteiger partial charge in [-0.05, 0) is 48.5 Å². The van der Waals surface area contributed by atoms with Crippen LogP contribution in [0.5, 0.6) is 0 Å². The summed E-state index contributed by atoms with van der Waals surface area (Å²) in [5, 5.41) is 0. The van der Waals surface area contributed by atoms with Crippen LogP contribution in [-0.2, 0) is 26.2 Å². The van der Waals surface area contributed by atoms with Gasteiger partial charge in [0.05, 0.1) is 26.7 Å². The van der Waals surface area contributed by atoms with Crippen LogP contribution in [0.2, 0.25) is 0 Å². The van der Waals surface area contributed by atoms with Crippen LogP contribution in [0.4, 0.5) is 24.5 Å².